The van der Waals surface area contributed by atoms with Crippen LogP contribution in [-0.2, 0) is 18.0 Å². The highest BCUT2D eigenvalue weighted by atomic mass is 19.1. The van der Waals surface area contributed by atoms with Gasteiger partial charge in [-0.05, 0) is 29.8 Å². The Balaban J connectivity index is 1.76. The lowest BCUT2D eigenvalue weighted by Gasteiger charge is -2.09. The Morgan fingerprint density at radius 3 is 2.54 bits per heavy atom. The van der Waals surface area contributed by atoms with Gasteiger partial charge in [0.15, 0.2) is 11.6 Å². The lowest BCUT2D eigenvalue weighted by molar-refractivity contribution is 0.181. The van der Waals surface area contributed by atoms with Crippen molar-refractivity contribution in [2.24, 2.45) is 0 Å². The van der Waals surface area contributed by atoms with Gasteiger partial charge in [-0.15, -0.1) is 0 Å². The average Bonchev–Trinajstić information content (AvgIpc) is 2.62. The van der Waals surface area contributed by atoms with Crippen molar-refractivity contribution in [1.82, 2.24) is 9.97 Å². The third kappa shape index (κ3) is 3.94. The molecule has 2 aromatic carbocycles. The first-order valence-electron chi connectivity index (χ1n) is 7.53. The van der Waals surface area contributed by atoms with Gasteiger partial charge < -0.3 is 9.47 Å². The first kappa shape index (κ1) is 16.1. The van der Waals surface area contributed by atoms with E-state index in [4.69, 9.17) is 9.47 Å². The second-order valence-corrected chi connectivity index (χ2v) is 5.25. The Labute approximate surface area is 139 Å². The lowest BCUT2D eigenvalue weighted by Crippen LogP contribution is -1.98. The molecule has 0 aliphatic heterocycles. The minimum Gasteiger partial charge on any atom is -0.486 e. The van der Waals surface area contributed by atoms with Crippen molar-refractivity contribution in [2.45, 2.75) is 13.2 Å². The molecule has 0 amide bonds. The second kappa shape index (κ2) is 7.66. The summed E-state index contributed by atoms with van der Waals surface area (Å²) in [5.74, 6) is -0.205. The van der Waals surface area contributed by atoms with Gasteiger partial charge in [0, 0.05) is 12.7 Å². The van der Waals surface area contributed by atoms with Crippen molar-refractivity contribution in [3.05, 3.63) is 78.0 Å². The number of benzene rings is 2. The number of hydrogen-bond acceptors (Lipinski definition) is 4. The van der Waals surface area contributed by atoms with Crippen LogP contribution >= 0.6 is 0 Å². The molecule has 3 aromatic rings. The van der Waals surface area contributed by atoms with Crippen LogP contribution in [-0.4, -0.2) is 17.1 Å². The summed E-state index contributed by atoms with van der Waals surface area (Å²) in [6.45, 7) is 0.707. The van der Waals surface area contributed by atoms with E-state index >= 15 is 0 Å². The Morgan fingerprint density at radius 1 is 0.958 bits per heavy atom. The van der Waals surface area contributed by atoms with Crippen LogP contribution in [0.1, 0.15) is 11.3 Å². The summed E-state index contributed by atoms with van der Waals surface area (Å²) >= 11 is 0. The zero-order valence-electron chi connectivity index (χ0n) is 13.3. The number of halogens is 1. The first-order valence-corrected chi connectivity index (χ1v) is 7.53. The molecule has 1 aromatic heterocycles. The number of aromatic nitrogens is 2. The standard InChI is InChI=1S/C19H17FN2O2/c1-23-12-16-10-18(22-13-21-16)15-7-8-19(17(20)9-15)24-11-14-5-3-2-4-6-14/h2-10,13H,11-12H2,1H3. The largest absolute Gasteiger partial charge is 0.486 e. The molecule has 0 saturated carbocycles. The van der Waals surface area contributed by atoms with Gasteiger partial charge in [-0.1, -0.05) is 30.3 Å². The fourth-order valence-electron chi connectivity index (χ4n) is 2.29. The van der Waals surface area contributed by atoms with E-state index in [1.807, 2.05) is 30.3 Å². The molecule has 122 valence electrons. The zero-order valence-corrected chi connectivity index (χ0v) is 13.3. The molecule has 24 heavy (non-hydrogen) atoms. The summed E-state index contributed by atoms with van der Waals surface area (Å²) in [5.41, 5.74) is 3.04. The van der Waals surface area contributed by atoms with Crippen molar-refractivity contribution in [3.63, 3.8) is 0 Å². The highest BCUT2D eigenvalue weighted by Gasteiger charge is 2.08. The molecule has 0 radical (unpaired) electrons. The molecule has 0 N–H and O–H groups in total. The van der Waals surface area contributed by atoms with E-state index < -0.39 is 5.82 Å². The van der Waals surface area contributed by atoms with Gasteiger partial charge in [0.25, 0.3) is 0 Å². The molecule has 0 unspecified atom stereocenters. The van der Waals surface area contributed by atoms with Crippen molar-refractivity contribution < 1.29 is 13.9 Å². The smallest absolute Gasteiger partial charge is 0.165 e. The summed E-state index contributed by atoms with van der Waals surface area (Å²) in [4.78, 5) is 8.29. The molecule has 4 nitrogen and oxygen atoms in total. The number of rotatable bonds is 6. The molecular formula is C19H17FN2O2. The maximum atomic E-state index is 14.3. The first-order chi connectivity index (χ1) is 11.8. The van der Waals surface area contributed by atoms with Crippen LogP contribution in [0.15, 0.2) is 60.9 Å². The highest BCUT2D eigenvalue weighted by molar-refractivity contribution is 5.60. The van der Waals surface area contributed by atoms with Gasteiger partial charge in [0.2, 0.25) is 0 Å². The molecule has 1 heterocycles. The van der Waals surface area contributed by atoms with Crippen LogP contribution in [0.5, 0.6) is 5.75 Å². The van der Waals surface area contributed by atoms with Gasteiger partial charge in [-0.3, -0.25) is 0 Å². The van der Waals surface area contributed by atoms with Gasteiger partial charge in [-0.2, -0.15) is 0 Å². The summed E-state index contributed by atoms with van der Waals surface area (Å²) < 4.78 is 24.9. The van der Waals surface area contributed by atoms with E-state index in [0.29, 0.717) is 24.5 Å². The molecule has 5 heteroatoms. The van der Waals surface area contributed by atoms with Crippen molar-refractivity contribution in [1.29, 1.82) is 0 Å². The third-order valence-electron chi connectivity index (χ3n) is 3.48. The normalized spacial score (nSPS) is 10.6. The highest BCUT2D eigenvalue weighted by Crippen LogP contribution is 2.25. The molecule has 0 saturated heterocycles. The molecule has 0 bridgehead atoms. The fourth-order valence-corrected chi connectivity index (χ4v) is 2.29. The molecule has 0 aliphatic carbocycles. The SMILES string of the molecule is COCc1cc(-c2ccc(OCc3ccccc3)c(F)c2)ncn1. The summed E-state index contributed by atoms with van der Waals surface area (Å²) in [5, 5.41) is 0. The average molecular weight is 324 g/mol. The van der Waals surface area contributed by atoms with E-state index in [0.717, 1.165) is 11.3 Å². The van der Waals surface area contributed by atoms with E-state index in [1.54, 1.807) is 25.3 Å². The predicted octanol–water partition coefficient (Wildman–Crippen LogP) is 4.01. The monoisotopic (exact) mass is 324 g/mol. The topological polar surface area (TPSA) is 44.2 Å². The van der Waals surface area contributed by atoms with Gasteiger partial charge in [0.05, 0.1) is 18.0 Å². The number of methoxy groups -OCH3 is 1. The van der Waals surface area contributed by atoms with Crippen LogP contribution in [0.3, 0.4) is 0 Å². The predicted molar refractivity (Wildman–Crippen MR) is 88.9 cm³/mol. The number of nitrogens with zero attached hydrogens (tertiary/aromatic N) is 2. The third-order valence-corrected chi connectivity index (χ3v) is 3.48. The summed E-state index contributed by atoms with van der Waals surface area (Å²) in [6.07, 6.45) is 1.45. The minimum atomic E-state index is -0.421. The van der Waals surface area contributed by atoms with Crippen molar-refractivity contribution in [2.75, 3.05) is 7.11 Å². The van der Waals surface area contributed by atoms with Crippen LogP contribution in [0.2, 0.25) is 0 Å². The second-order valence-electron chi connectivity index (χ2n) is 5.25. The van der Waals surface area contributed by atoms with Crippen molar-refractivity contribution in [3.8, 4) is 17.0 Å². The van der Waals surface area contributed by atoms with E-state index in [-0.39, 0.29) is 5.75 Å². The molecule has 3 rings (SSSR count). The maximum absolute atomic E-state index is 14.3. The van der Waals surface area contributed by atoms with Gasteiger partial charge in [-0.25, -0.2) is 14.4 Å². The van der Waals surface area contributed by atoms with Crippen LogP contribution in [0.25, 0.3) is 11.3 Å². The van der Waals surface area contributed by atoms with Crippen LogP contribution in [0.4, 0.5) is 4.39 Å². The number of ether oxygens (including phenoxy) is 2. The minimum absolute atomic E-state index is 0.216. The molecule has 0 aliphatic rings. The molecular weight excluding hydrogens is 307 g/mol. The van der Waals surface area contributed by atoms with Gasteiger partial charge >= 0.3 is 0 Å². The molecule has 0 spiro atoms. The van der Waals surface area contributed by atoms with Crippen LogP contribution in [0, 0.1) is 5.82 Å². The summed E-state index contributed by atoms with van der Waals surface area (Å²) in [6, 6.07) is 16.2. The molecule has 0 fully saturated rings. The Hall–Kier alpha value is -2.79. The zero-order chi connectivity index (χ0) is 16.8. The Morgan fingerprint density at radius 2 is 1.79 bits per heavy atom. The van der Waals surface area contributed by atoms with E-state index in [9.17, 15) is 4.39 Å². The van der Waals surface area contributed by atoms with E-state index in [2.05, 4.69) is 9.97 Å². The van der Waals surface area contributed by atoms with E-state index in [1.165, 1.54) is 12.4 Å². The van der Waals surface area contributed by atoms with Gasteiger partial charge in [0.1, 0.15) is 12.9 Å². The van der Waals surface area contributed by atoms with Crippen molar-refractivity contribution >= 4 is 0 Å². The van der Waals surface area contributed by atoms with Crippen LogP contribution < -0.4 is 4.74 Å². The molecule has 0 atom stereocenters. The Bertz CT molecular complexity index is 809. The fraction of sp³-hybridized carbons (Fsp3) is 0.158. The lowest BCUT2D eigenvalue weighted by atomic mass is 10.1. The summed E-state index contributed by atoms with van der Waals surface area (Å²) in [7, 11) is 1.60. The number of hydrogen-bond donors (Lipinski definition) is 0. The maximum Gasteiger partial charge on any atom is 0.165 e. The quantitative estimate of drug-likeness (QED) is 0.687. The Kier molecular flexibility index (Phi) is 5.13.